The molecular weight excluding hydrogens is 378 g/mol. The van der Waals surface area contributed by atoms with Crippen LogP contribution in [0.2, 0.25) is 0 Å². The van der Waals surface area contributed by atoms with Crippen LogP contribution in [0.3, 0.4) is 0 Å². The highest BCUT2D eigenvalue weighted by atomic mass is 32.2. The summed E-state index contributed by atoms with van der Waals surface area (Å²) < 4.78 is 54.5. The molecule has 0 amide bonds. The molecule has 0 saturated heterocycles. The average molecular weight is 394 g/mol. The van der Waals surface area contributed by atoms with Crippen molar-refractivity contribution in [2.24, 2.45) is 0 Å². The maximum atomic E-state index is 13.6. The van der Waals surface area contributed by atoms with Crippen LogP contribution < -0.4 is 10.0 Å². The second-order valence-corrected chi connectivity index (χ2v) is 7.30. The van der Waals surface area contributed by atoms with E-state index in [1.165, 1.54) is 6.33 Å². The van der Waals surface area contributed by atoms with Gasteiger partial charge in [-0.1, -0.05) is 0 Å². The monoisotopic (exact) mass is 394 g/mol. The lowest BCUT2D eigenvalue weighted by molar-refractivity contribution is 0.543. The summed E-state index contributed by atoms with van der Waals surface area (Å²) in [5.41, 5.74) is 0.838. The quantitative estimate of drug-likeness (QED) is 0.591. The topological polar surface area (TPSA) is 102 Å². The van der Waals surface area contributed by atoms with Gasteiger partial charge in [0.15, 0.2) is 5.82 Å². The molecule has 0 aliphatic heterocycles. The molecule has 0 atom stereocenters. The maximum absolute atomic E-state index is 13.6. The third kappa shape index (κ3) is 4.63. The van der Waals surface area contributed by atoms with E-state index in [1.54, 1.807) is 16.9 Å². The smallest absolute Gasteiger partial charge is 0.243 e. The van der Waals surface area contributed by atoms with Crippen LogP contribution in [-0.4, -0.2) is 41.3 Å². The van der Waals surface area contributed by atoms with E-state index < -0.39 is 26.6 Å². The van der Waals surface area contributed by atoms with Gasteiger partial charge in [0, 0.05) is 31.4 Å². The van der Waals surface area contributed by atoms with Crippen molar-refractivity contribution in [2.45, 2.75) is 11.8 Å². The van der Waals surface area contributed by atoms with E-state index in [1.807, 2.05) is 13.0 Å². The van der Waals surface area contributed by atoms with Gasteiger partial charge in [0.05, 0.1) is 5.69 Å². The Morgan fingerprint density at radius 1 is 1.11 bits per heavy atom. The fraction of sp³-hybridized carbons (Fsp3) is 0.188. The lowest BCUT2D eigenvalue weighted by Gasteiger charge is -2.09. The van der Waals surface area contributed by atoms with Crippen LogP contribution in [0.4, 0.5) is 14.6 Å². The fourth-order valence-electron chi connectivity index (χ4n) is 2.26. The zero-order chi connectivity index (χ0) is 19.4. The van der Waals surface area contributed by atoms with Crippen LogP contribution in [0, 0.1) is 18.6 Å². The number of benzene rings is 1. The number of hydrogen-bond acceptors (Lipinski definition) is 6. The second-order valence-electron chi connectivity index (χ2n) is 5.56. The van der Waals surface area contributed by atoms with Gasteiger partial charge in [-0.15, -0.1) is 0 Å². The Labute approximate surface area is 154 Å². The summed E-state index contributed by atoms with van der Waals surface area (Å²) in [6.45, 7) is 2.02. The first-order valence-electron chi connectivity index (χ1n) is 7.88. The first kappa shape index (κ1) is 18.9. The lowest BCUT2D eigenvalue weighted by atomic mass is 10.3. The predicted molar refractivity (Wildman–Crippen MR) is 93.9 cm³/mol. The fourth-order valence-corrected chi connectivity index (χ4v) is 3.35. The summed E-state index contributed by atoms with van der Waals surface area (Å²) >= 11 is 0. The lowest BCUT2D eigenvalue weighted by Crippen LogP contribution is -2.29. The van der Waals surface area contributed by atoms with Crippen molar-refractivity contribution in [3.63, 3.8) is 0 Å². The summed E-state index contributed by atoms with van der Waals surface area (Å²) in [7, 11) is -4.09. The van der Waals surface area contributed by atoms with Crippen LogP contribution in [0.1, 0.15) is 5.69 Å². The minimum atomic E-state index is -4.09. The molecule has 0 radical (unpaired) electrons. The largest absolute Gasteiger partial charge is 0.369 e. The molecule has 0 spiro atoms. The number of rotatable bonds is 7. The molecule has 3 aromatic rings. The van der Waals surface area contributed by atoms with Gasteiger partial charge >= 0.3 is 0 Å². The molecule has 2 aromatic heterocycles. The predicted octanol–water partition coefficient (Wildman–Crippen LogP) is 1.64. The van der Waals surface area contributed by atoms with Gasteiger partial charge in [-0.25, -0.2) is 36.6 Å². The van der Waals surface area contributed by atoms with Gasteiger partial charge in [-0.3, -0.25) is 0 Å². The molecule has 1 aromatic carbocycles. The SMILES string of the molecule is Cc1ccn(-c2cc(NCCNS(=O)(=O)c3ccc(F)cc3F)ncn2)n1. The molecule has 0 saturated carbocycles. The molecule has 27 heavy (non-hydrogen) atoms. The van der Waals surface area contributed by atoms with Crippen LogP contribution in [-0.2, 0) is 10.0 Å². The number of nitrogens with one attached hydrogen (secondary N) is 2. The van der Waals surface area contributed by atoms with E-state index >= 15 is 0 Å². The van der Waals surface area contributed by atoms with Gasteiger partial charge in [0.2, 0.25) is 10.0 Å². The Balaban J connectivity index is 1.58. The van der Waals surface area contributed by atoms with E-state index in [9.17, 15) is 17.2 Å². The summed E-state index contributed by atoms with van der Waals surface area (Å²) in [5.74, 6) is -0.972. The third-order valence-corrected chi connectivity index (χ3v) is 5.01. The zero-order valence-corrected chi connectivity index (χ0v) is 15.0. The minimum absolute atomic E-state index is 0.0284. The average Bonchev–Trinajstić information content (AvgIpc) is 3.05. The molecule has 0 aliphatic carbocycles. The molecule has 2 N–H and O–H groups in total. The standard InChI is InChI=1S/C16H16F2N6O2S/c1-11-4-7-24(23-11)16-9-15(20-10-21-16)19-5-6-22-27(25,26)14-3-2-12(17)8-13(14)18/h2-4,7-10,22H,5-6H2,1H3,(H,19,20,21). The number of anilines is 1. The van der Waals surface area contributed by atoms with Crippen molar-refractivity contribution in [2.75, 3.05) is 18.4 Å². The Hall–Kier alpha value is -2.92. The minimum Gasteiger partial charge on any atom is -0.369 e. The Kier molecular flexibility index (Phi) is 5.42. The highest BCUT2D eigenvalue weighted by Gasteiger charge is 2.18. The molecule has 8 nitrogen and oxygen atoms in total. The molecule has 142 valence electrons. The molecule has 2 heterocycles. The molecule has 11 heteroatoms. The van der Waals surface area contributed by atoms with Crippen molar-refractivity contribution in [3.8, 4) is 5.82 Å². The van der Waals surface area contributed by atoms with Gasteiger partial charge in [0.1, 0.15) is 28.7 Å². The Morgan fingerprint density at radius 2 is 1.93 bits per heavy atom. The van der Waals surface area contributed by atoms with Crippen LogP contribution in [0.25, 0.3) is 5.82 Å². The summed E-state index contributed by atoms with van der Waals surface area (Å²) in [6, 6.07) is 5.77. The molecular formula is C16H16F2N6O2S. The van der Waals surface area contributed by atoms with E-state index in [-0.39, 0.29) is 13.1 Å². The van der Waals surface area contributed by atoms with Crippen LogP contribution in [0.15, 0.2) is 47.8 Å². The molecule has 0 aliphatic rings. The second kappa shape index (κ2) is 7.76. The van der Waals surface area contributed by atoms with Crippen molar-refractivity contribution < 1.29 is 17.2 Å². The number of sulfonamides is 1. The van der Waals surface area contributed by atoms with Gasteiger partial charge < -0.3 is 5.32 Å². The highest BCUT2D eigenvalue weighted by Crippen LogP contribution is 2.15. The van der Waals surface area contributed by atoms with Crippen molar-refractivity contribution in [1.29, 1.82) is 0 Å². The summed E-state index contributed by atoms with van der Waals surface area (Å²) in [5, 5.41) is 7.18. The molecule has 3 rings (SSSR count). The summed E-state index contributed by atoms with van der Waals surface area (Å²) in [6.07, 6.45) is 3.11. The van der Waals surface area contributed by atoms with E-state index in [2.05, 4.69) is 25.1 Å². The number of halogens is 2. The molecule has 0 bridgehead atoms. The third-order valence-electron chi connectivity index (χ3n) is 3.52. The van der Waals surface area contributed by atoms with E-state index in [0.717, 1.165) is 17.8 Å². The molecule has 0 fully saturated rings. The zero-order valence-electron chi connectivity index (χ0n) is 14.2. The van der Waals surface area contributed by atoms with E-state index in [0.29, 0.717) is 17.7 Å². The van der Waals surface area contributed by atoms with Crippen molar-refractivity contribution >= 4 is 15.8 Å². The molecule has 0 unspecified atom stereocenters. The van der Waals surface area contributed by atoms with Gasteiger partial charge in [0.25, 0.3) is 0 Å². The van der Waals surface area contributed by atoms with Crippen molar-refractivity contribution in [1.82, 2.24) is 24.5 Å². The number of hydrogen-bond donors (Lipinski definition) is 2. The van der Waals surface area contributed by atoms with Crippen molar-refractivity contribution in [3.05, 3.63) is 60.2 Å². The van der Waals surface area contributed by atoms with Gasteiger partial charge in [-0.05, 0) is 25.1 Å². The number of aromatic nitrogens is 4. The Morgan fingerprint density at radius 3 is 2.63 bits per heavy atom. The highest BCUT2D eigenvalue weighted by molar-refractivity contribution is 7.89. The van der Waals surface area contributed by atoms with Crippen LogP contribution >= 0.6 is 0 Å². The normalized spacial score (nSPS) is 11.5. The number of nitrogens with zero attached hydrogens (tertiary/aromatic N) is 4. The van der Waals surface area contributed by atoms with E-state index in [4.69, 9.17) is 0 Å². The maximum Gasteiger partial charge on any atom is 0.243 e. The first-order chi connectivity index (χ1) is 12.8. The van der Waals surface area contributed by atoms with Gasteiger partial charge in [-0.2, -0.15) is 5.10 Å². The van der Waals surface area contributed by atoms with Crippen LogP contribution in [0.5, 0.6) is 0 Å². The summed E-state index contributed by atoms with van der Waals surface area (Å²) in [4.78, 5) is 7.55. The Bertz CT molecular complexity index is 1050. The number of aryl methyl sites for hydroxylation is 1. The first-order valence-corrected chi connectivity index (χ1v) is 9.37.